The van der Waals surface area contributed by atoms with Crippen molar-refractivity contribution in [3.05, 3.63) is 41.3 Å². The lowest BCUT2D eigenvalue weighted by atomic mass is 9.91. The molecule has 392 valence electrons. The topological polar surface area (TPSA) is 297 Å². The van der Waals surface area contributed by atoms with Gasteiger partial charge in [-0.2, -0.15) is 20.2 Å². The van der Waals surface area contributed by atoms with Crippen LogP contribution in [0.3, 0.4) is 0 Å². The first-order chi connectivity index (χ1) is 34.3. The molecule has 2 saturated heterocycles. The van der Waals surface area contributed by atoms with Crippen LogP contribution in [0.1, 0.15) is 37.0 Å². The number of hydrogen-bond acceptors (Lipinski definition) is 23. The second-order valence-corrected chi connectivity index (χ2v) is 17.5. The number of nitrogens with two attached hydrogens (primary N) is 1. The fourth-order valence-corrected chi connectivity index (χ4v) is 7.54. The lowest BCUT2D eigenvalue weighted by Crippen LogP contribution is -2.45. The summed E-state index contributed by atoms with van der Waals surface area (Å²) in [5.74, 6) is 7.16. The molecule has 2 fully saturated rings. The summed E-state index contributed by atoms with van der Waals surface area (Å²) in [7, 11) is -2.74. The third kappa shape index (κ3) is 19.4. The molecule has 2 atom stereocenters. The number of carbonyl (C=O) groups excluding carboxylic acids is 1. The van der Waals surface area contributed by atoms with E-state index in [0.29, 0.717) is 149 Å². The number of aldehydes is 1. The van der Waals surface area contributed by atoms with E-state index in [1.165, 1.54) is 5.56 Å². The molecule has 5 rings (SSSR count). The van der Waals surface area contributed by atoms with E-state index in [1.54, 1.807) is 17.1 Å². The predicted octanol–water partition coefficient (Wildman–Crippen LogP) is 1.24. The van der Waals surface area contributed by atoms with Gasteiger partial charge in [0.2, 0.25) is 13.7 Å². The van der Waals surface area contributed by atoms with E-state index in [9.17, 15) is 24.8 Å². The van der Waals surface area contributed by atoms with Crippen LogP contribution in [0, 0.1) is 0 Å². The molecule has 24 nitrogen and oxygen atoms in total. The molecule has 2 unspecified atom stereocenters. The summed E-state index contributed by atoms with van der Waals surface area (Å²) >= 11 is 6.41. The number of nitrogens with zero attached hydrogens (tertiary/aromatic N) is 7. The molecular formula is C44H68ClN8O16P. The standard InChI is InChI=1S/C44H68ClN8O16P/c45-43-49-41(39-27-48-53(42(39)50-43)40-7-6-38(69-40)31-68-44(32-55,33-56)70(57)58)52-28-35(29-52)34-2-4-37(5-3-34)67-25-24-65-21-20-63-18-19-64-22-23-66-30-36(51-46)26-47-8-11-60-13-15-62-17-16-61-14-12-59-10-1-9-54/h2-5,9,26-27,35,38,40,55-58H,1,6-8,10-25,28-33,46H2/b47-26?,51-36+. The number of anilines is 1. The predicted molar refractivity (Wildman–Crippen MR) is 257 cm³/mol. The average Bonchev–Trinajstić information content (AvgIpc) is 4.01. The van der Waals surface area contributed by atoms with E-state index < -0.39 is 39.3 Å². The number of hydrogen-bond donors (Lipinski definition) is 5. The van der Waals surface area contributed by atoms with Gasteiger partial charge in [0.05, 0.1) is 150 Å². The summed E-state index contributed by atoms with van der Waals surface area (Å²) in [4.78, 5) is 44.9. The largest absolute Gasteiger partial charge is 0.491 e. The normalized spacial score (nSPS) is 16.9. The number of aliphatic hydroxyl groups excluding tert-OH is 2. The highest BCUT2D eigenvalue weighted by molar-refractivity contribution is 7.46. The molecular weight excluding hydrogens is 963 g/mol. The Morgan fingerprint density at radius 1 is 0.814 bits per heavy atom. The highest BCUT2D eigenvalue weighted by Gasteiger charge is 2.41. The fourth-order valence-electron chi connectivity index (χ4n) is 6.94. The molecule has 0 bridgehead atoms. The van der Waals surface area contributed by atoms with Crippen LogP contribution in [0.4, 0.5) is 5.82 Å². The van der Waals surface area contributed by atoms with Crippen molar-refractivity contribution in [3.8, 4) is 5.75 Å². The quantitative estimate of drug-likeness (QED) is 0.0102. The summed E-state index contributed by atoms with van der Waals surface area (Å²) in [6, 6.07) is 8.03. The van der Waals surface area contributed by atoms with E-state index in [4.69, 9.17) is 69.5 Å². The van der Waals surface area contributed by atoms with Crippen LogP contribution < -0.4 is 15.5 Å². The maximum Gasteiger partial charge on any atom is 0.226 e. The molecule has 2 aliphatic rings. The van der Waals surface area contributed by atoms with Gasteiger partial charge in [-0.3, -0.25) is 4.99 Å². The second kappa shape index (κ2) is 33.1. The molecule has 2 aliphatic heterocycles. The molecule has 2 aromatic heterocycles. The van der Waals surface area contributed by atoms with Gasteiger partial charge < -0.3 is 87.6 Å². The second-order valence-electron chi connectivity index (χ2n) is 15.8. The van der Waals surface area contributed by atoms with Crippen molar-refractivity contribution in [1.82, 2.24) is 19.7 Å². The molecule has 0 amide bonds. The molecule has 0 aliphatic carbocycles. The van der Waals surface area contributed by atoms with Crippen molar-refractivity contribution in [2.75, 3.05) is 157 Å². The minimum atomic E-state index is -2.74. The van der Waals surface area contributed by atoms with Gasteiger partial charge in [0, 0.05) is 31.6 Å². The Hall–Kier alpha value is -3.66. The van der Waals surface area contributed by atoms with Crippen molar-refractivity contribution in [2.45, 2.75) is 42.9 Å². The van der Waals surface area contributed by atoms with Gasteiger partial charge in [0.15, 0.2) is 17.2 Å². The summed E-state index contributed by atoms with van der Waals surface area (Å²) in [5.41, 5.74) is 2.21. The molecule has 4 heterocycles. The Kier molecular flexibility index (Phi) is 27.1. The molecule has 70 heavy (non-hydrogen) atoms. The molecule has 6 N–H and O–H groups in total. The molecule has 3 aromatic rings. The number of aliphatic hydroxyl groups is 2. The number of rotatable bonds is 40. The van der Waals surface area contributed by atoms with Crippen molar-refractivity contribution in [1.29, 1.82) is 0 Å². The first-order valence-electron chi connectivity index (χ1n) is 23.2. The SMILES string of the molecule is N/N=C(\C=NCCOCCOCCOCCOCCC=O)COCCOCCOCCOCCOc1ccc(C2CN(c3nc(Cl)nc4c3cnn4C3CCC(COC(CO)(CO)P(O)O)O3)C2)cc1. The van der Waals surface area contributed by atoms with Crippen molar-refractivity contribution in [3.63, 3.8) is 0 Å². The van der Waals surface area contributed by atoms with Crippen LogP contribution >= 0.6 is 20.0 Å². The van der Waals surface area contributed by atoms with E-state index in [-0.39, 0.29) is 24.4 Å². The van der Waals surface area contributed by atoms with Gasteiger partial charge in [-0.25, -0.2) is 4.68 Å². The Morgan fingerprint density at radius 3 is 1.99 bits per heavy atom. The van der Waals surface area contributed by atoms with Gasteiger partial charge in [0.1, 0.15) is 30.2 Å². The summed E-state index contributed by atoms with van der Waals surface area (Å²) in [5, 5.41) is 26.4. The molecule has 26 heteroatoms. The first-order valence-corrected chi connectivity index (χ1v) is 24.8. The number of aromatic nitrogens is 4. The van der Waals surface area contributed by atoms with Crippen LogP contribution in [-0.4, -0.2) is 221 Å². The Bertz CT molecular complexity index is 1960. The van der Waals surface area contributed by atoms with Crippen LogP contribution in [0.5, 0.6) is 5.75 Å². The van der Waals surface area contributed by atoms with Gasteiger partial charge in [-0.05, 0) is 42.1 Å². The molecule has 1 aromatic carbocycles. The Balaban J connectivity index is 0.833. The van der Waals surface area contributed by atoms with Crippen LogP contribution in [0.2, 0.25) is 5.28 Å². The summed E-state index contributed by atoms with van der Waals surface area (Å²) < 4.78 is 63.1. The third-order valence-corrected chi connectivity index (χ3v) is 12.1. The van der Waals surface area contributed by atoms with Crippen LogP contribution in [0.25, 0.3) is 11.0 Å². The minimum absolute atomic E-state index is 0.0572. The molecule has 0 saturated carbocycles. The van der Waals surface area contributed by atoms with E-state index in [2.05, 4.69) is 42.2 Å². The molecule has 0 radical (unpaired) electrons. The zero-order chi connectivity index (χ0) is 49.7. The van der Waals surface area contributed by atoms with Gasteiger partial charge in [0.25, 0.3) is 0 Å². The number of halogens is 1. The smallest absolute Gasteiger partial charge is 0.226 e. The van der Waals surface area contributed by atoms with Gasteiger partial charge in [-0.1, -0.05) is 12.1 Å². The van der Waals surface area contributed by atoms with E-state index >= 15 is 0 Å². The van der Waals surface area contributed by atoms with Gasteiger partial charge >= 0.3 is 0 Å². The fraction of sp³-hybridized carbons (Fsp3) is 0.682. The maximum absolute atomic E-state index is 10.2. The van der Waals surface area contributed by atoms with Crippen molar-refractivity contribution >= 4 is 55.0 Å². The monoisotopic (exact) mass is 1030 g/mol. The lowest BCUT2D eigenvalue weighted by Gasteiger charge is -2.40. The zero-order valence-electron chi connectivity index (χ0n) is 39.4. The highest BCUT2D eigenvalue weighted by Crippen LogP contribution is 2.43. The Morgan fingerprint density at radius 2 is 1.40 bits per heavy atom. The average molecular weight is 1030 g/mol. The number of ether oxygens (including phenoxy) is 11. The Labute approximate surface area is 413 Å². The number of aliphatic imine (C=N–C) groups is 1. The number of benzene rings is 1. The maximum atomic E-state index is 10.2. The minimum Gasteiger partial charge on any atom is -0.491 e. The van der Waals surface area contributed by atoms with E-state index in [1.807, 2.05) is 12.1 Å². The van der Waals surface area contributed by atoms with Crippen LogP contribution in [-0.2, 0) is 52.2 Å². The summed E-state index contributed by atoms with van der Waals surface area (Å²) in [6.07, 6.45) is 4.73. The van der Waals surface area contributed by atoms with Crippen LogP contribution in [0.15, 0.2) is 40.6 Å². The number of hydrazone groups is 1. The number of carbonyl (C=O) groups is 1. The first kappa shape index (κ1) is 57.2. The van der Waals surface area contributed by atoms with Crippen molar-refractivity contribution < 1.29 is 76.9 Å². The number of fused-ring (bicyclic) bond motifs is 1. The van der Waals surface area contributed by atoms with Crippen molar-refractivity contribution in [2.24, 2.45) is 15.9 Å². The zero-order valence-corrected chi connectivity index (χ0v) is 41.0. The summed E-state index contributed by atoms with van der Waals surface area (Å²) in [6.45, 7) is 7.40. The third-order valence-electron chi connectivity index (χ3n) is 10.8. The van der Waals surface area contributed by atoms with E-state index in [0.717, 1.165) is 30.5 Å². The molecule has 0 spiro atoms. The highest BCUT2D eigenvalue weighted by atomic mass is 35.5. The lowest BCUT2D eigenvalue weighted by molar-refractivity contribution is -0.109. The van der Waals surface area contributed by atoms with Gasteiger partial charge in [-0.15, -0.1) is 0 Å².